The van der Waals surface area contributed by atoms with Crippen LogP contribution in [0.15, 0.2) is 48.5 Å². The predicted octanol–water partition coefficient (Wildman–Crippen LogP) is 4.95. The van der Waals surface area contributed by atoms with Gasteiger partial charge in [0.05, 0.1) is 18.2 Å². The lowest BCUT2D eigenvalue weighted by molar-refractivity contribution is 0.0734. The van der Waals surface area contributed by atoms with E-state index >= 15 is 0 Å². The summed E-state index contributed by atoms with van der Waals surface area (Å²) in [6, 6.07) is 13.9. The minimum absolute atomic E-state index is 0.0224. The summed E-state index contributed by atoms with van der Waals surface area (Å²) in [7, 11) is 1.58. The molecule has 2 heterocycles. The third kappa shape index (κ3) is 3.84. The Balaban J connectivity index is 1.29. The average molecular weight is 449 g/mol. The molecule has 2 aliphatic rings. The van der Waals surface area contributed by atoms with Crippen molar-refractivity contribution in [1.82, 2.24) is 5.32 Å². The smallest absolute Gasteiger partial charge is 0.343 e. The van der Waals surface area contributed by atoms with E-state index in [-0.39, 0.29) is 12.1 Å². The van der Waals surface area contributed by atoms with Gasteiger partial charge in [-0.15, -0.1) is 11.3 Å². The molecular formula is C25H24N2O4S. The van der Waals surface area contributed by atoms with Gasteiger partial charge in [0.25, 0.3) is 5.91 Å². The molecular weight excluding hydrogens is 424 g/mol. The highest BCUT2D eigenvalue weighted by Gasteiger charge is 2.33. The maximum absolute atomic E-state index is 12.9. The van der Waals surface area contributed by atoms with Crippen LogP contribution in [-0.4, -0.2) is 19.0 Å². The van der Waals surface area contributed by atoms with E-state index in [9.17, 15) is 9.59 Å². The van der Waals surface area contributed by atoms with E-state index in [2.05, 4.69) is 17.6 Å². The Morgan fingerprint density at radius 2 is 1.75 bits per heavy atom. The van der Waals surface area contributed by atoms with Crippen LogP contribution < -0.4 is 20.1 Å². The van der Waals surface area contributed by atoms with Crippen molar-refractivity contribution in [3.63, 3.8) is 0 Å². The lowest BCUT2D eigenvalue weighted by Crippen LogP contribution is -2.38. The number of esters is 1. The first-order valence-corrected chi connectivity index (χ1v) is 11.5. The zero-order valence-electron chi connectivity index (χ0n) is 17.9. The maximum atomic E-state index is 12.9. The van der Waals surface area contributed by atoms with Crippen LogP contribution in [0.1, 0.15) is 56.2 Å². The van der Waals surface area contributed by atoms with Crippen molar-refractivity contribution < 1.29 is 19.1 Å². The summed E-state index contributed by atoms with van der Waals surface area (Å²) in [6.07, 6.45) is 2.82. The van der Waals surface area contributed by atoms with Gasteiger partial charge in [0.2, 0.25) is 0 Å². The molecule has 0 saturated heterocycles. The van der Waals surface area contributed by atoms with E-state index in [1.807, 2.05) is 12.1 Å². The van der Waals surface area contributed by atoms with Gasteiger partial charge < -0.3 is 20.1 Å². The molecule has 0 fully saturated rings. The summed E-state index contributed by atoms with van der Waals surface area (Å²) >= 11 is 1.71. The number of thiophene rings is 1. The number of hydrogen-bond donors (Lipinski definition) is 2. The fraction of sp³-hybridized carbons (Fsp3) is 0.280. The number of carbonyl (C=O) groups excluding carboxylic acids is 2. The van der Waals surface area contributed by atoms with Crippen LogP contribution in [0.2, 0.25) is 0 Å². The predicted molar refractivity (Wildman–Crippen MR) is 124 cm³/mol. The summed E-state index contributed by atoms with van der Waals surface area (Å²) in [5, 5.41) is 7.50. The number of rotatable bonds is 4. The molecule has 0 bridgehead atoms. The third-order valence-corrected chi connectivity index (χ3v) is 7.22. The second-order valence-electron chi connectivity index (χ2n) is 8.29. The van der Waals surface area contributed by atoms with Crippen molar-refractivity contribution >= 4 is 28.2 Å². The molecule has 2 aromatic carbocycles. The molecule has 6 nitrogen and oxygen atoms in total. The lowest BCUT2D eigenvalue weighted by Gasteiger charge is -2.27. The van der Waals surface area contributed by atoms with Crippen molar-refractivity contribution in [2.45, 2.75) is 32.4 Å². The molecule has 1 aliphatic carbocycles. The van der Waals surface area contributed by atoms with Crippen molar-refractivity contribution in [1.29, 1.82) is 0 Å². The Hall–Kier alpha value is -3.32. The second-order valence-corrected chi connectivity index (χ2v) is 9.40. The standard InChI is InChI=1S/C25H24N2O4S/c1-14-3-12-19-20(13-14)32-24-21(19)23(28)26-22(27-24)15-4-10-18(11-5-15)31-25(29)16-6-8-17(30-2)9-7-16/h4-11,14,22,27H,3,12-13H2,1-2H3,(H,26,28)/t14-,22-/m1/s1. The molecule has 7 heteroatoms. The van der Waals surface area contributed by atoms with Gasteiger partial charge in [-0.3, -0.25) is 4.79 Å². The highest BCUT2D eigenvalue weighted by Crippen LogP contribution is 2.42. The zero-order chi connectivity index (χ0) is 22.2. The van der Waals surface area contributed by atoms with E-state index < -0.39 is 5.97 Å². The van der Waals surface area contributed by atoms with Crippen LogP contribution in [0.5, 0.6) is 11.5 Å². The van der Waals surface area contributed by atoms with Crippen molar-refractivity contribution in [3.05, 3.63) is 75.7 Å². The molecule has 0 saturated carbocycles. The highest BCUT2D eigenvalue weighted by molar-refractivity contribution is 7.16. The van der Waals surface area contributed by atoms with Gasteiger partial charge in [-0.2, -0.15) is 0 Å². The van der Waals surface area contributed by atoms with Gasteiger partial charge in [0, 0.05) is 4.88 Å². The number of carbonyl (C=O) groups is 2. The average Bonchev–Trinajstić information content (AvgIpc) is 3.17. The normalized spacial score (nSPS) is 19.2. The van der Waals surface area contributed by atoms with E-state index in [1.165, 1.54) is 10.4 Å². The molecule has 1 aliphatic heterocycles. The van der Waals surface area contributed by atoms with Gasteiger partial charge >= 0.3 is 5.97 Å². The molecule has 1 amide bonds. The van der Waals surface area contributed by atoms with Gasteiger partial charge in [0.15, 0.2) is 0 Å². The summed E-state index contributed by atoms with van der Waals surface area (Å²) in [4.78, 5) is 26.6. The molecule has 0 spiro atoms. The van der Waals surface area contributed by atoms with Crippen LogP contribution >= 0.6 is 11.3 Å². The first kappa shape index (κ1) is 20.6. The molecule has 3 aromatic rings. The number of benzene rings is 2. The largest absolute Gasteiger partial charge is 0.497 e. The molecule has 5 rings (SSSR count). The Morgan fingerprint density at radius 3 is 2.47 bits per heavy atom. The van der Waals surface area contributed by atoms with Crippen molar-refractivity contribution in [3.8, 4) is 11.5 Å². The van der Waals surface area contributed by atoms with Crippen LogP contribution in [0, 0.1) is 5.92 Å². The van der Waals surface area contributed by atoms with Crippen molar-refractivity contribution in [2.24, 2.45) is 5.92 Å². The molecule has 0 radical (unpaired) electrons. The Morgan fingerprint density at radius 1 is 1.03 bits per heavy atom. The number of fused-ring (bicyclic) bond motifs is 3. The Labute approximate surface area is 190 Å². The lowest BCUT2D eigenvalue weighted by atomic mass is 9.88. The molecule has 0 unspecified atom stereocenters. The van der Waals surface area contributed by atoms with E-state index in [0.29, 0.717) is 23.0 Å². The van der Waals surface area contributed by atoms with Crippen LogP contribution in [-0.2, 0) is 12.8 Å². The van der Waals surface area contributed by atoms with Gasteiger partial charge in [-0.05, 0) is 72.7 Å². The van der Waals surface area contributed by atoms with E-state index in [0.717, 1.165) is 35.4 Å². The third-order valence-electron chi connectivity index (χ3n) is 6.04. The van der Waals surface area contributed by atoms with E-state index in [1.54, 1.807) is 54.8 Å². The second kappa shape index (κ2) is 8.31. The minimum Gasteiger partial charge on any atom is -0.497 e. The number of hydrogen-bond acceptors (Lipinski definition) is 6. The number of amides is 1. The highest BCUT2D eigenvalue weighted by atomic mass is 32.1. The van der Waals surface area contributed by atoms with E-state index in [4.69, 9.17) is 9.47 Å². The monoisotopic (exact) mass is 448 g/mol. The topological polar surface area (TPSA) is 76.7 Å². The Kier molecular flexibility index (Phi) is 5.35. The summed E-state index contributed by atoms with van der Waals surface area (Å²) in [6.45, 7) is 2.26. The first-order valence-electron chi connectivity index (χ1n) is 10.7. The molecule has 164 valence electrons. The SMILES string of the molecule is COc1ccc(C(=O)Oc2ccc([C@@H]3NC(=O)c4c(sc5c4CC[C@@H](C)C5)N3)cc2)cc1. The molecule has 1 aromatic heterocycles. The van der Waals surface area contributed by atoms with Crippen LogP contribution in [0.3, 0.4) is 0 Å². The van der Waals surface area contributed by atoms with Gasteiger partial charge in [-0.1, -0.05) is 19.1 Å². The number of ether oxygens (including phenoxy) is 2. The first-order chi connectivity index (χ1) is 15.5. The summed E-state index contributed by atoms with van der Waals surface area (Å²) in [5.41, 5.74) is 3.37. The minimum atomic E-state index is -0.437. The number of nitrogens with one attached hydrogen (secondary N) is 2. The Bertz CT molecular complexity index is 1170. The quantitative estimate of drug-likeness (QED) is 0.436. The molecule has 32 heavy (non-hydrogen) atoms. The zero-order valence-corrected chi connectivity index (χ0v) is 18.8. The summed E-state index contributed by atoms with van der Waals surface area (Å²) in [5.74, 6) is 1.32. The van der Waals surface area contributed by atoms with Crippen LogP contribution in [0.25, 0.3) is 0 Å². The number of methoxy groups -OCH3 is 1. The van der Waals surface area contributed by atoms with Crippen molar-refractivity contribution in [2.75, 3.05) is 12.4 Å². The molecule has 2 N–H and O–H groups in total. The fourth-order valence-electron chi connectivity index (χ4n) is 4.25. The van der Waals surface area contributed by atoms with Crippen LogP contribution in [0.4, 0.5) is 5.00 Å². The summed E-state index contributed by atoms with van der Waals surface area (Å²) < 4.78 is 10.6. The maximum Gasteiger partial charge on any atom is 0.343 e. The van der Waals surface area contributed by atoms with Gasteiger partial charge in [-0.25, -0.2) is 4.79 Å². The fourth-order valence-corrected chi connectivity index (χ4v) is 5.69. The number of anilines is 1. The molecule has 2 atom stereocenters. The van der Waals surface area contributed by atoms with Gasteiger partial charge in [0.1, 0.15) is 22.7 Å².